The molecular formula is C47H27NOS. The van der Waals surface area contributed by atoms with Gasteiger partial charge in [0, 0.05) is 43.1 Å². The quantitative estimate of drug-likeness (QED) is 0.175. The van der Waals surface area contributed by atoms with E-state index in [4.69, 9.17) is 4.42 Å². The van der Waals surface area contributed by atoms with Crippen LogP contribution in [0.1, 0.15) is 22.3 Å². The maximum absolute atomic E-state index is 6.43. The highest BCUT2D eigenvalue weighted by Crippen LogP contribution is 2.62. The first kappa shape index (κ1) is 26.9. The summed E-state index contributed by atoms with van der Waals surface area (Å²) in [4.78, 5) is 2.60. The predicted molar refractivity (Wildman–Crippen MR) is 207 cm³/mol. The molecule has 8 aromatic carbocycles. The molecule has 0 fully saturated rings. The number of hydrogen-bond acceptors (Lipinski definition) is 2. The fourth-order valence-electron chi connectivity index (χ4n) is 9.27. The molecule has 2 aromatic heterocycles. The first-order valence-electron chi connectivity index (χ1n) is 17.2. The average molecular weight is 654 g/mol. The number of aromatic nitrogens is 1. The molecular weight excluding hydrogens is 627 g/mol. The molecule has 0 radical (unpaired) electrons. The number of benzene rings is 8. The van der Waals surface area contributed by atoms with Crippen LogP contribution in [0.3, 0.4) is 0 Å². The highest BCUT2D eigenvalue weighted by atomic mass is 32.2. The number of para-hydroxylation sites is 1. The van der Waals surface area contributed by atoms with Gasteiger partial charge in [0.15, 0.2) is 0 Å². The third kappa shape index (κ3) is 3.26. The van der Waals surface area contributed by atoms with E-state index in [0.29, 0.717) is 0 Å². The summed E-state index contributed by atoms with van der Waals surface area (Å²) in [6.07, 6.45) is 0. The van der Waals surface area contributed by atoms with Crippen molar-refractivity contribution in [1.29, 1.82) is 0 Å². The lowest BCUT2D eigenvalue weighted by atomic mass is 9.67. The maximum atomic E-state index is 6.43. The fraction of sp³-hybridized carbons (Fsp3) is 0.0213. The third-order valence-corrected chi connectivity index (χ3v) is 12.4. The number of rotatable bonds is 1. The van der Waals surface area contributed by atoms with E-state index in [9.17, 15) is 0 Å². The van der Waals surface area contributed by atoms with Gasteiger partial charge in [0.25, 0.3) is 0 Å². The number of hydrogen-bond donors (Lipinski definition) is 0. The van der Waals surface area contributed by atoms with Crippen LogP contribution in [0, 0.1) is 0 Å². The van der Waals surface area contributed by atoms with Gasteiger partial charge >= 0.3 is 0 Å². The zero-order valence-corrected chi connectivity index (χ0v) is 27.7. The summed E-state index contributed by atoms with van der Waals surface area (Å²) in [6.45, 7) is 0. The molecule has 0 saturated carbocycles. The minimum absolute atomic E-state index is 0.426. The van der Waals surface area contributed by atoms with Gasteiger partial charge in [0.2, 0.25) is 0 Å². The first-order valence-corrected chi connectivity index (χ1v) is 18.0. The summed E-state index contributed by atoms with van der Waals surface area (Å²) in [6, 6.07) is 60.6. The van der Waals surface area contributed by atoms with Gasteiger partial charge in [-0.05, 0) is 86.6 Å². The van der Waals surface area contributed by atoms with Crippen molar-refractivity contribution in [1.82, 2.24) is 4.57 Å². The highest BCUT2D eigenvalue weighted by molar-refractivity contribution is 7.99. The summed E-state index contributed by atoms with van der Waals surface area (Å²) < 4.78 is 8.88. The second-order valence-corrected chi connectivity index (χ2v) is 14.7. The van der Waals surface area contributed by atoms with Gasteiger partial charge in [-0.3, -0.25) is 0 Å². The van der Waals surface area contributed by atoms with Crippen molar-refractivity contribution in [3.8, 4) is 16.8 Å². The van der Waals surface area contributed by atoms with Crippen molar-refractivity contribution < 1.29 is 4.42 Å². The van der Waals surface area contributed by atoms with Crippen molar-refractivity contribution in [3.63, 3.8) is 0 Å². The van der Waals surface area contributed by atoms with Crippen LogP contribution >= 0.6 is 11.8 Å². The molecule has 1 spiro atoms. The molecule has 50 heavy (non-hydrogen) atoms. The smallest absolute Gasteiger partial charge is 0.137 e. The van der Waals surface area contributed by atoms with Gasteiger partial charge in [-0.1, -0.05) is 127 Å². The normalized spacial score (nSPS) is 14.1. The molecule has 0 unspecified atom stereocenters. The van der Waals surface area contributed by atoms with E-state index in [0.717, 1.165) is 27.6 Å². The molecule has 10 aromatic rings. The summed E-state index contributed by atoms with van der Waals surface area (Å²) >= 11 is 1.90. The van der Waals surface area contributed by atoms with E-state index in [-0.39, 0.29) is 0 Å². The van der Waals surface area contributed by atoms with E-state index in [1.807, 2.05) is 17.8 Å². The van der Waals surface area contributed by atoms with Crippen LogP contribution in [-0.4, -0.2) is 4.57 Å². The molecule has 0 saturated heterocycles. The third-order valence-electron chi connectivity index (χ3n) is 11.2. The Kier molecular flexibility index (Phi) is 5.14. The van der Waals surface area contributed by atoms with E-state index in [1.165, 1.54) is 75.7 Å². The van der Waals surface area contributed by atoms with E-state index >= 15 is 0 Å². The molecule has 3 heteroatoms. The molecule has 0 bridgehead atoms. The van der Waals surface area contributed by atoms with Gasteiger partial charge < -0.3 is 8.98 Å². The summed E-state index contributed by atoms with van der Waals surface area (Å²) in [5.41, 5.74) is 13.0. The van der Waals surface area contributed by atoms with E-state index in [1.54, 1.807) is 0 Å². The Labute approximate surface area is 292 Å². The van der Waals surface area contributed by atoms with Crippen molar-refractivity contribution >= 4 is 66.3 Å². The van der Waals surface area contributed by atoms with Crippen molar-refractivity contribution in [2.45, 2.75) is 15.2 Å². The Balaban J connectivity index is 1.24. The molecule has 3 heterocycles. The summed E-state index contributed by atoms with van der Waals surface area (Å²) in [5.74, 6) is 0. The molecule has 232 valence electrons. The number of fused-ring (bicyclic) bond motifs is 17. The van der Waals surface area contributed by atoms with E-state index < -0.39 is 5.41 Å². The zero-order chi connectivity index (χ0) is 32.6. The lowest BCUT2D eigenvalue weighted by Crippen LogP contribution is -2.31. The molecule has 1 aliphatic heterocycles. The number of furan rings is 1. The molecule has 1 aliphatic carbocycles. The lowest BCUT2D eigenvalue weighted by Gasteiger charge is -2.39. The van der Waals surface area contributed by atoms with Crippen molar-refractivity contribution in [2.75, 3.05) is 0 Å². The van der Waals surface area contributed by atoms with Gasteiger partial charge in [0.1, 0.15) is 11.2 Å². The summed E-state index contributed by atoms with van der Waals surface area (Å²) in [5, 5.41) is 7.35. The molecule has 0 N–H and O–H groups in total. The standard InChI is InChI=1S/C47H27NOS/c1-2-12-30-28(11-1)21-24-40-46(30)35-26-39-45(27-41(35)48(40)29-22-23-34-33-15-5-9-19-42(33)49-43(34)25-29)50-44-20-10-8-18-38(44)47(39)36-16-6-3-13-31(36)32-14-4-7-17-37(32)47/h1-27H. The monoisotopic (exact) mass is 653 g/mol. The van der Waals surface area contributed by atoms with Gasteiger partial charge in [-0.25, -0.2) is 0 Å². The van der Waals surface area contributed by atoms with Crippen molar-refractivity contribution in [2.24, 2.45) is 0 Å². The fourth-order valence-corrected chi connectivity index (χ4v) is 10.5. The summed E-state index contributed by atoms with van der Waals surface area (Å²) in [7, 11) is 0. The average Bonchev–Trinajstić information content (AvgIpc) is 3.80. The van der Waals surface area contributed by atoms with Crippen LogP contribution in [0.25, 0.3) is 71.3 Å². The van der Waals surface area contributed by atoms with E-state index in [2.05, 4.69) is 162 Å². The van der Waals surface area contributed by atoms with Gasteiger partial charge in [0.05, 0.1) is 16.4 Å². The Bertz CT molecular complexity index is 3040. The van der Waals surface area contributed by atoms with Crippen LogP contribution in [0.2, 0.25) is 0 Å². The SMILES string of the molecule is c1ccc2c(c1)Sc1cc3c(cc1C21c2ccccc2-c2ccccc21)c1c2ccccc2ccc1n3-c1ccc2c(c1)oc1ccccc12. The molecule has 2 nitrogen and oxygen atoms in total. The minimum Gasteiger partial charge on any atom is -0.456 e. The Morgan fingerprint density at radius 3 is 1.96 bits per heavy atom. The lowest BCUT2D eigenvalue weighted by molar-refractivity contribution is 0.668. The van der Waals surface area contributed by atoms with Crippen molar-refractivity contribution in [3.05, 3.63) is 186 Å². The van der Waals surface area contributed by atoms with Gasteiger partial charge in [-0.15, -0.1) is 0 Å². The number of nitrogens with zero attached hydrogens (tertiary/aromatic N) is 1. The van der Waals surface area contributed by atoms with Gasteiger partial charge in [-0.2, -0.15) is 0 Å². The first-order chi connectivity index (χ1) is 24.8. The second kappa shape index (κ2) is 9.56. The Morgan fingerprint density at radius 2 is 1.12 bits per heavy atom. The topological polar surface area (TPSA) is 18.1 Å². The Morgan fingerprint density at radius 1 is 0.440 bits per heavy atom. The second-order valence-electron chi connectivity index (χ2n) is 13.6. The van der Waals surface area contributed by atoms with Crippen LogP contribution < -0.4 is 0 Å². The van der Waals surface area contributed by atoms with Crippen LogP contribution in [0.5, 0.6) is 0 Å². The minimum atomic E-state index is -0.426. The van der Waals surface area contributed by atoms with Crippen LogP contribution in [-0.2, 0) is 5.41 Å². The largest absolute Gasteiger partial charge is 0.456 e. The predicted octanol–water partition coefficient (Wildman–Crippen LogP) is 12.7. The zero-order valence-electron chi connectivity index (χ0n) is 26.9. The molecule has 2 aliphatic rings. The highest BCUT2D eigenvalue weighted by Gasteiger charge is 2.50. The van der Waals surface area contributed by atoms with Crippen LogP contribution in [0.15, 0.2) is 178 Å². The molecule has 0 atom stereocenters. The Hall–Kier alpha value is -6.03. The van der Waals surface area contributed by atoms with Crippen LogP contribution in [0.4, 0.5) is 0 Å². The maximum Gasteiger partial charge on any atom is 0.137 e. The molecule has 0 amide bonds. The molecule has 12 rings (SSSR count).